The minimum Gasteiger partial charge on any atom is -0.495 e. The van der Waals surface area contributed by atoms with Gasteiger partial charge >= 0.3 is 0 Å². The van der Waals surface area contributed by atoms with Crippen LogP contribution >= 0.6 is 11.6 Å². The molecule has 0 spiro atoms. The Morgan fingerprint density at radius 2 is 1.84 bits per heavy atom. The zero-order valence-corrected chi connectivity index (χ0v) is 15.1. The lowest BCUT2D eigenvalue weighted by Crippen LogP contribution is -2.28. The molecule has 7 heteroatoms. The number of amides is 2. The summed E-state index contributed by atoms with van der Waals surface area (Å²) >= 11 is 5.95. The van der Waals surface area contributed by atoms with Gasteiger partial charge in [-0.1, -0.05) is 31.5 Å². The second kappa shape index (κ2) is 8.48. The fourth-order valence-corrected chi connectivity index (χ4v) is 2.21. The van der Waals surface area contributed by atoms with Crippen molar-refractivity contribution in [2.75, 3.05) is 19.0 Å². The average Bonchev–Trinajstić information content (AvgIpc) is 2.60. The first-order chi connectivity index (χ1) is 11.9. The van der Waals surface area contributed by atoms with Crippen LogP contribution in [0.3, 0.4) is 0 Å². The summed E-state index contributed by atoms with van der Waals surface area (Å²) in [6, 6.07) is 9.60. The second-order valence-electron chi connectivity index (χ2n) is 5.81. The van der Waals surface area contributed by atoms with Gasteiger partial charge in [0, 0.05) is 11.6 Å². The van der Waals surface area contributed by atoms with Crippen molar-refractivity contribution in [1.82, 2.24) is 10.3 Å². The molecular formula is C18H20ClN3O3. The predicted molar refractivity (Wildman–Crippen MR) is 97.4 cm³/mol. The van der Waals surface area contributed by atoms with Crippen LogP contribution in [0.1, 0.15) is 34.8 Å². The first-order valence-corrected chi connectivity index (χ1v) is 8.18. The van der Waals surface area contributed by atoms with Crippen molar-refractivity contribution in [3.05, 3.63) is 52.8 Å². The summed E-state index contributed by atoms with van der Waals surface area (Å²) < 4.78 is 5.20. The summed E-state index contributed by atoms with van der Waals surface area (Å²) in [6.45, 7) is 4.53. The number of rotatable bonds is 6. The van der Waals surface area contributed by atoms with Crippen molar-refractivity contribution in [1.29, 1.82) is 0 Å². The molecule has 0 aliphatic rings. The SMILES string of the molecule is COc1ccc(Cl)cc1NC(=O)c1cccc(C(=O)NCC(C)C)n1. The highest BCUT2D eigenvalue weighted by molar-refractivity contribution is 6.31. The van der Waals surface area contributed by atoms with Gasteiger partial charge in [0.2, 0.25) is 0 Å². The molecule has 1 heterocycles. The normalized spacial score (nSPS) is 10.4. The first-order valence-electron chi connectivity index (χ1n) is 7.81. The summed E-state index contributed by atoms with van der Waals surface area (Å²) in [5, 5.41) is 5.93. The number of nitrogens with zero attached hydrogens (tertiary/aromatic N) is 1. The molecule has 25 heavy (non-hydrogen) atoms. The van der Waals surface area contributed by atoms with Crippen molar-refractivity contribution >= 4 is 29.1 Å². The first kappa shape index (κ1) is 18.7. The number of carbonyl (C=O) groups is 2. The molecule has 2 amide bonds. The van der Waals surface area contributed by atoms with E-state index in [9.17, 15) is 9.59 Å². The van der Waals surface area contributed by atoms with Crippen LogP contribution < -0.4 is 15.4 Å². The minimum absolute atomic E-state index is 0.124. The molecule has 0 saturated carbocycles. The third kappa shape index (κ3) is 5.19. The van der Waals surface area contributed by atoms with Gasteiger partial charge in [0.1, 0.15) is 17.1 Å². The molecule has 0 aliphatic heterocycles. The van der Waals surface area contributed by atoms with Gasteiger partial charge in [-0.15, -0.1) is 0 Å². The summed E-state index contributed by atoms with van der Waals surface area (Å²) in [4.78, 5) is 28.6. The number of hydrogen-bond acceptors (Lipinski definition) is 4. The van der Waals surface area contributed by atoms with Crippen molar-refractivity contribution in [3.63, 3.8) is 0 Å². The minimum atomic E-state index is -0.459. The number of benzene rings is 1. The van der Waals surface area contributed by atoms with E-state index in [1.54, 1.807) is 30.3 Å². The molecule has 0 bridgehead atoms. The Kier molecular flexibility index (Phi) is 6.36. The maximum atomic E-state index is 12.4. The van der Waals surface area contributed by atoms with Crippen LogP contribution in [0, 0.1) is 5.92 Å². The molecule has 2 N–H and O–H groups in total. The van der Waals surface area contributed by atoms with Crippen LogP contribution in [0.2, 0.25) is 5.02 Å². The van der Waals surface area contributed by atoms with E-state index in [0.717, 1.165) is 0 Å². The molecular weight excluding hydrogens is 342 g/mol. The zero-order chi connectivity index (χ0) is 18.4. The molecule has 0 saturated heterocycles. The fourth-order valence-electron chi connectivity index (χ4n) is 2.04. The van der Waals surface area contributed by atoms with Gasteiger partial charge in [-0.2, -0.15) is 0 Å². The molecule has 2 aromatic rings. The Morgan fingerprint density at radius 1 is 1.16 bits per heavy atom. The topological polar surface area (TPSA) is 80.3 Å². The number of pyridine rings is 1. The maximum Gasteiger partial charge on any atom is 0.274 e. The predicted octanol–water partition coefficient (Wildman–Crippen LogP) is 3.38. The maximum absolute atomic E-state index is 12.4. The lowest BCUT2D eigenvalue weighted by atomic mass is 10.2. The number of aromatic nitrogens is 1. The molecule has 1 aromatic carbocycles. The van der Waals surface area contributed by atoms with Gasteiger partial charge < -0.3 is 15.4 Å². The molecule has 0 atom stereocenters. The number of anilines is 1. The van der Waals surface area contributed by atoms with Crippen molar-refractivity contribution in [2.24, 2.45) is 5.92 Å². The van der Waals surface area contributed by atoms with Crippen LogP contribution in [-0.4, -0.2) is 30.5 Å². The molecule has 0 aliphatic carbocycles. The number of nitrogens with one attached hydrogen (secondary N) is 2. The van der Waals surface area contributed by atoms with Crippen molar-refractivity contribution in [3.8, 4) is 5.75 Å². The third-order valence-electron chi connectivity index (χ3n) is 3.29. The molecule has 0 radical (unpaired) electrons. The monoisotopic (exact) mass is 361 g/mol. The highest BCUT2D eigenvalue weighted by Crippen LogP contribution is 2.27. The number of hydrogen-bond donors (Lipinski definition) is 2. The Labute approximate surface area is 151 Å². The van der Waals surface area contributed by atoms with E-state index in [1.807, 2.05) is 13.8 Å². The smallest absolute Gasteiger partial charge is 0.274 e. The molecule has 0 fully saturated rings. The lowest BCUT2D eigenvalue weighted by Gasteiger charge is -2.11. The summed E-state index contributed by atoms with van der Waals surface area (Å²) in [5.74, 6) is 0.0251. The van der Waals surface area contributed by atoms with Crippen LogP contribution in [0.5, 0.6) is 5.75 Å². The van der Waals surface area contributed by atoms with Gasteiger partial charge in [-0.3, -0.25) is 9.59 Å². The van der Waals surface area contributed by atoms with Gasteiger partial charge in [0.05, 0.1) is 12.8 Å². The largest absolute Gasteiger partial charge is 0.495 e. The molecule has 132 valence electrons. The van der Waals surface area contributed by atoms with E-state index >= 15 is 0 Å². The van der Waals surface area contributed by atoms with E-state index in [4.69, 9.17) is 16.3 Å². The lowest BCUT2D eigenvalue weighted by molar-refractivity contribution is 0.0944. The van der Waals surface area contributed by atoms with E-state index < -0.39 is 5.91 Å². The van der Waals surface area contributed by atoms with E-state index in [0.29, 0.717) is 28.9 Å². The molecule has 1 aromatic heterocycles. The zero-order valence-electron chi connectivity index (χ0n) is 14.3. The molecule has 0 unspecified atom stereocenters. The van der Waals surface area contributed by atoms with Crippen LogP contribution in [0.25, 0.3) is 0 Å². The summed E-state index contributed by atoms with van der Waals surface area (Å²) in [6.07, 6.45) is 0. The molecule has 2 rings (SSSR count). The highest BCUT2D eigenvalue weighted by atomic mass is 35.5. The van der Waals surface area contributed by atoms with Crippen LogP contribution in [0.15, 0.2) is 36.4 Å². The molecule has 6 nitrogen and oxygen atoms in total. The fraction of sp³-hybridized carbons (Fsp3) is 0.278. The van der Waals surface area contributed by atoms with Gasteiger partial charge in [-0.25, -0.2) is 4.98 Å². The van der Waals surface area contributed by atoms with Gasteiger partial charge in [0.25, 0.3) is 11.8 Å². The van der Waals surface area contributed by atoms with Crippen LogP contribution in [0.4, 0.5) is 5.69 Å². The van der Waals surface area contributed by atoms with E-state index in [-0.39, 0.29) is 17.3 Å². The highest BCUT2D eigenvalue weighted by Gasteiger charge is 2.14. The summed E-state index contributed by atoms with van der Waals surface area (Å²) in [5.41, 5.74) is 0.738. The van der Waals surface area contributed by atoms with E-state index in [2.05, 4.69) is 15.6 Å². The quantitative estimate of drug-likeness (QED) is 0.826. The summed E-state index contributed by atoms with van der Waals surface area (Å²) in [7, 11) is 1.50. The van der Waals surface area contributed by atoms with Crippen molar-refractivity contribution < 1.29 is 14.3 Å². The number of ether oxygens (including phenoxy) is 1. The second-order valence-corrected chi connectivity index (χ2v) is 6.25. The Balaban J connectivity index is 2.16. The average molecular weight is 362 g/mol. The van der Waals surface area contributed by atoms with E-state index in [1.165, 1.54) is 13.2 Å². The number of halogens is 1. The third-order valence-corrected chi connectivity index (χ3v) is 3.53. The Morgan fingerprint density at radius 3 is 2.48 bits per heavy atom. The Bertz CT molecular complexity index is 778. The van der Waals surface area contributed by atoms with Gasteiger partial charge in [0.15, 0.2) is 0 Å². The number of methoxy groups -OCH3 is 1. The van der Waals surface area contributed by atoms with Crippen molar-refractivity contribution in [2.45, 2.75) is 13.8 Å². The van der Waals surface area contributed by atoms with Crippen LogP contribution in [-0.2, 0) is 0 Å². The van der Waals surface area contributed by atoms with Gasteiger partial charge in [-0.05, 0) is 36.2 Å². The Hall–Kier alpha value is -2.60. The number of carbonyl (C=O) groups excluding carboxylic acids is 2. The standard InChI is InChI=1S/C18H20ClN3O3/c1-11(2)10-20-17(23)13-5-4-6-14(21-13)18(24)22-15-9-12(19)7-8-16(15)25-3/h4-9,11H,10H2,1-3H3,(H,20,23)(H,22,24).